The minimum absolute atomic E-state index is 0.371. The normalized spacial score (nSPS) is 10.8. The van der Waals surface area contributed by atoms with Crippen molar-refractivity contribution >= 4 is 32.5 Å². The Morgan fingerprint density at radius 2 is 1.86 bits per heavy atom. The maximum atomic E-state index is 13.2. The van der Waals surface area contributed by atoms with Crippen LogP contribution in [0.5, 0.6) is 0 Å². The van der Waals surface area contributed by atoms with Crippen molar-refractivity contribution < 1.29 is 8.78 Å². The van der Waals surface area contributed by atoms with Gasteiger partial charge in [0.05, 0.1) is 0 Å². The van der Waals surface area contributed by atoms with Crippen LogP contribution in [-0.2, 0) is 6.54 Å². The van der Waals surface area contributed by atoms with E-state index >= 15 is 0 Å². The SMILES string of the molecule is Fc1ccc(CNc2nccc3c(Br)cccc23)cc1F. The number of halogens is 3. The molecule has 0 amide bonds. The molecule has 0 bridgehead atoms. The summed E-state index contributed by atoms with van der Waals surface area (Å²) >= 11 is 3.50. The van der Waals surface area contributed by atoms with Gasteiger partial charge in [-0.25, -0.2) is 13.8 Å². The smallest absolute Gasteiger partial charge is 0.159 e. The highest BCUT2D eigenvalue weighted by molar-refractivity contribution is 9.10. The van der Waals surface area contributed by atoms with Gasteiger partial charge in [0.15, 0.2) is 11.6 Å². The van der Waals surface area contributed by atoms with Crippen LogP contribution in [0.2, 0.25) is 0 Å². The zero-order valence-corrected chi connectivity index (χ0v) is 12.5. The highest BCUT2D eigenvalue weighted by Gasteiger charge is 2.06. The van der Waals surface area contributed by atoms with Crippen molar-refractivity contribution in [3.63, 3.8) is 0 Å². The van der Waals surface area contributed by atoms with E-state index in [0.717, 1.165) is 21.3 Å². The lowest BCUT2D eigenvalue weighted by Gasteiger charge is -2.10. The molecule has 2 nitrogen and oxygen atoms in total. The Morgan fingerprint density at radius 1 is 1.00 bits per heavy atom. The second-order valence-corrected chi connectivity index (χ2v) is 5.45. The molecule has 1 aromatic heterocycles. The third-order valence-electron chi connectivity index (χ3n) is 3.20. The number of hydrogen-bond donors (Lipinski definition) is 1. The number of anilines is 1. The second kappa shape index (κ2) is 5.77. The third-order valence-corrected chi connectivity index (χ3v) is 3.89. The van der Waals surface area contributed by atoms with Crippen molar-refractivity contribution in [2.45, 2.75) is 6.54 Å². The van der Waals surface area contributed by atoms with Crippen LogP contribution in [0.4, 0.5) is 14.6 Å². The third kappa shape index (κ3) is 2.88. The molecule has 0 aliphatic rings. The van der Waals surface area contributed by atoms with E-state index in [4.69, 9.17) is 0 Å². The number of fused-ring (bicyclic) bond motifs is 1. The van der Waals surface area contributed by atoms with Gasteiger partial charge in [0.2, 0.25) is 0 Å². The van der Waals surface area contributed by atoms with Gasteiger partial charge in [-0.2, -0.15) is 0 Å². The second-order valence-electron chi connectivity index (χ2n) is 4.60. The Balaban J connectivity index is 1.88. The number of benzene rings is 2. The van der Waals surface area contributed by atoms with E-state index in [2.05, 4.69) is 26.2 Å². The predicted octanol–water partition coefficient (Wildman–Crippen LogP) is 4.89. The Bertz CT molecular complexity index is 805. The van der Waals surface area contributed by atoms with Gasteiger partial charge in [0.25, 0.3) is 0 Å². The molecular weight excluding hydrogens is 338 g/mol. The van der Waals surface area contributed by atoms with Crippen molar-refractivity contribution in [3.05, 3.63) is 70.3 Å². The molecule has 0 radical (unpaired) electrons. The summed E-state index contributed by atoms with van der Waals surface area (Å²) in [6.45, 7) is 0.371. The molecule has 0 fully saturated rings. The molecular formula is C16H11BrF2N2. The highest BCUT2D eigenvalue weighted by atomic mass is 79.9. The number of hydrogen-bond acceptors (Lipinski definition) is 2. The topological polar surface area (TPSA) is 24.9 Å². The zero-order valence-electron chi connectivity index (χ0n) is 10.9. The first-order chi connectivity index (χ1) is 10.1. The first-order valence-corrected chi connectivity index (χ1v) is 7.15. The van der Waals surface area contributed by atoms with Crippen LogP contribution in [0.3, 0.4) is 0 Å². The molecule has 0 saturated carbocycles. The van der Waals surface area contributed by atoms with Crippen molar-refractivity contribution in [1.29, 1.82) is 0 Å². The van der Waals surface area contributed by atoms with Gasteiger partial charge in [-0.05, 0) is 29.8 Å². The molecule has 1 N–H and O–H groups in total. The van der Waals surface area contributed by atoms with Crippen molar-refractivity contribution in [2.75, 3.05) is 5.32 Å². The van der Waals surface area contributed by atoms with E-state index in [9.17, 15) is 8.78 Å². The molecule has 3 aromatic rings. The fourth-order valence-corrected chi connectivity index (χ4v) is 2.64. The van der Waals surface area contributed by atoms with Gasteiger partial charge in [-0.3, -0.25) is 0 Å². The Morgan fingerprint density at radius 3 is 2.67 bits per heavy atom. The quantitative estimate of drug-likeness (QED) is 0.728. The van der Waals surface area contributed by atoms with E-state index in [0.29, 0.717) is 17.9 Å². The zero-order chi connectivity index (χ0) is 14.8. The molecule has 0 unspecified atom stereocenters. The first-order valence-electron chi connectivity index (χ1n) is 6.36. The molecule has 106 valence electrons. The molecule has 0 aliphatic carbocycles. The maximum absolute atomic E-state index is 13.2. The Labute approximate surface area is 129 Å². The molecule has 0 atom stereocenters. The van der Waals surface area contributed by atoms with Crippen LogP contribution >= 0.6 is 15.9 Å². The molecule has 0 saturated heterocycles. The van der Waals surface area contributed by atoms with Crippen molar-refractivity contribution in [1.82, 2.24) is 4.98 Å². The van der Waals surface area contributed by atoms with Gasteiger partial charge in [-0.1, -0.05) is 34.1 Å². The van der Waals surface area contributed by atoms with Gasteiger partial charge >= 0.3 is 0 Å². The number of nitrogens with one attached hydrogen (secondary N) is 1. The predicted molar refractivity (Wildman–Crippen MR) is 83.1 cm³/mol. The molecule has 2 aromatic carbocycles. The van der Waals surface area contributed by atoms with Crippen LogP contribution in [0.25, 0.3) is 10.8 Å². The molecule has 0 spiro atoms. The maximum Gasteiger partial charge on any atom is 0.159 e. The lowest BCUT2D eigenvalue weighted by atomic mass is 10.1. The first kappa shape index (κ1) is 13.9. The molecule has 1 heterocycles. The van der Waals surface area contributed by atoms with E-state index in [1.165, 1.54) is 6.07 Å². The lowest BCUT2D eigenvalue weighted by molar-refractivity contribution is 0.507. The monoisotopic (exact) mass is 348 g/mol. The fourth-order valence-electron chi connectivity index (χ4n) is 2.15. The Hall–Kier alpha value is -2.01. The average Bonchev–Trinajstić information content (AvgIpc) is 2.49. The average molecular weight is 349 g/mol. The van der Waals surface area contributed by atoms with Crippen LogP contribution in [-0.4, -0.2) is 4.98 Å². The Kier molecular flexibility index (Phi) is 3.84. The van der Waals surface area contributed by atoms with Gasteiger partial charge in [0.1, 0.15) is 5.82 Å². The molecule has 3 rings (SSSR count). The number of pyridine rings is 1. The summed E-state index contributed by atoms with van der Waals surface area (Å²) in [5.74, 6) is -0.979. The van der Waals surface area contributed by atoms with E-state index < -0.39 is 11.6 Å². The number of nitrogens with zero attached hydrogens (tertiary/aromatic N) is 1. The van der Waals surface area contributed by atoms with E-state index in [1.54, 1.807) is 12.3 Å². The number of rotatable bonds is 3. The van der Waals surface area contributed by atoms with Crippen LogP contribution < -0.4 is 5.32 Å². The van der Waals surface area contributed by atoms with Gasteiger partial charge in [-0.15, -0.1) is 0 Å². The van der Waals surface area contributed by atoms with Crippen LogP contribution in [0, 0.1) is 11.6 Å². The summed E-state index contributed by atoms with van der Waals surface area (Å²) in [6.07, 6.45) is 1.71. The fraction of sp³-hybridized carbons (Fsp3) is 0.0625. The summed E-state index contributed by atoms with van der Waals surface area (Å²) in [4.78, 5) is 4.30. The minimum atomic E-state index is -0.845. The lowest BCUT2D eigenvalue weighted by Crippen LogP contribution is -2.02. The van der Waals surface area contributed by atoms with Crippen molar-refractivity contribution in [2.24, 2.45) is 0 Å². The summed E-state index contributed by atoms with van der Waals surface area (Å²) in [6, 6.07) is 11.6. The summed E-state index contributed by atoms with van der Waals surface area (Å²) in [5, 5.41) is 5.17. The number of aromatic nitrogens is 1. The van der Waals surface area contributed by atoms with Gasteiger partial charge < -0.3 is 5.32 Å². The van der Waals surface area contributed by atoms with E-state index in [1.807, 2.05) is 24.3 Å². The molecule has 0 aliphatic heterocycles. The minimum Gasteiger partial charge on any atom is -0.365 e. The van der Waals surface area contributed by atoms with E-state index in [-0.39, 0.29) is 0 Å². The van der Waals surface area contributed by atoms with Gasteiger partial charge in [0, 0.05) is 28.0 Å². The van der Waals surface area contributed by atoms with Crippen LogP contribution in [0.15, 0.2) is 53.1 Å². The highest BCUT2D eigenvalue weighted by Crippen LogP contribution is 2.27. The van der Waals surface area contributed by atoms with Crippen molar-refractivity contribution in [3.8, 4) is 0 Å². The van der Waals surface area contributed by atoms with Crippen LogP contribution in [0.1, 0.15) is 5.56 Å². The standard InChI is InChI=1S/C16H11BrF2N2/c17-13-3-1-2-12-11(13)6-7-20-16(12)21-9-10-4-5-14(18)15(19)8-10/h1-8H,9H2,(H,20,21). The summed E-state index contributed by atoms with van der Waals surface area (Å²) in [5.41, 5.74) is 0.655. The summed E-state index contributed by atoms with van der Waals surface area (Å²) < 4.78 is 27.1. The summed E-state index contributed by atoms with van der Waals surface area (Å²) in [7, 11) is 0. The largest absolute Gasteiger partial charge is 0.365 e. The molecule has 21 heavy (non-hydrogen) atoms. The molecule has 5 heteroatoms.